The summed E-state index contributed by atoms with van der Waals surface area (Å²) in [5.41, 5.74) is 6.09. The average Bonchev–Trinajstić information content (AvgIpc) is 1.96. The van der Waals surface area contributed by atoms with Crippen molar-refractivity contribution in [1.29, 1.82) is 0 Å². The number of halogens is 2. The standard InChI is InChI=1S/C8H9ClFNO/c1-4(12)5-2-6(9)7(10)3-8(5)11/h2-4,12H,11H2,1H3. The van der Waals surface area contributed by atoms with E-state index in [9.17, 15) is 4.39 Å². The average molecular weight is 190 g/mol. The zero-order valence-electron chi connectivity index (χ0n) is 6.51. The molecule has 0 amide bonds. The van der Waals surface area contributed by atoms with Crippen molar-refractivity contribution in [2.24, 2.45) is 0 Å². The van der Waals surface area contributed by atoms with Crippen molar-refractivity contribution >= 4 is 17.3 Å². The molecule has 12 heavy (non-hydrogen) atoms. The molecule has 1 unspecified atom stereocenters. The number of nitrogen functional groups attached to an aromatic ring is 1. The first-order chi connectivity index (χ1) is 5.52. The summed E-state index contributed by atoms with van der Waals surface area (Å²) < 4.78 is 12.7. The van der Waals surface area contributed by atoms with Gasteiger partial charge in [-0.2, -0.15) is 0 Å². The molecule has 0 saturated heterocycles. The summed E-state index contributed by atoms with van der Waals surface area (Å²) in [6.45, 7) is 1.54. The number of hydrogen-bond donors (Lipinski definition) is 2. The van der Waals surface area contributed by atoms with E-state index in [4.69, 9.17) is 22.4 Å². The SMILES string of the molecule is CC(O)c1cc(Cl)c(F)cc1N. The van der Waals surface area contributed by atoms with Gasteiger partial charge in [0, 0.05) is 11.3 Å². The highest BCUT2D eigenvalue weighted by molar-refractivity contribution is 6.30. The third kappa shape index (κ3) is 1.68. The molecule has 0 heterocycles. The maximum absolute atomic E-state index is 12.7. The number of aliphatic hydroxyl groups excluding tert-OH is 1. The highest BCUT2D eigenvalue weighted by Gasteiger charge is 2.09. The first-order valence-electron chi connectivity index (χ1n) is 3.45. The van der Waals surface area contributed by atoms with Crippen LogP contribution in [0.2, 0.25) is 5.02 Å². The van der Waals surface area contributed by atoms with E-state index in [-0.39, 0.29) is 10.7 Å². The number of anilines is 1. The lowest BCUT2D eigenvalue weighted by Gasteiger charge is -2.08. The maximum atomic E-state index is 12.7. The van der Waals surface area contributed by atoms with Crippen LogP contribution in [0.3, 0.4) is 0 Å². The number of nitrogens with two attached hydrogens (primary N) is 1. The Morgan fingerprint density at radius 3 is 2.67 bits per heavy atom. The van der Waals surface area contributed by atoms with Crippen LogP contribution < -0.4 is 5.73 Å². The van der Waals surface area contributed by atoms with Gasteiger partial charge in [0.2, 0.25) is 0 Å². The van der Waals surface area contributed by atoms with Gasteiger partial charge in [0.05, 0.1) is 11.1 Å². The molecule has 66 valence electrons. The Kier molecular flexibility index (Phi) is 2.55. The molecule has 2 nitrogen and oxygen atoms in total. The first kappa shape index (κ1) is 9.29. The molecule has 0 aliphatic rings. The number of benzene rings is 1. The molecule has 0 bridgehead atoms. The van der Waals surface area contributed by atoms with Crippen LogP contribution >= 0.6 is 11.6 Å². The summed E-state index contributed by atoms with van der Waals surface area (Å²) in [7, 11) is 0. The molecule has 1 atom stereocenters. The maximum Gasteiger partial charge on any atom is 0.143 e. The van der Waals surface area contributed by atoms with Crippen LogP contribution in [0.15, 0.2) is 12.1 Å². The van der Waals surface area contributed by atoms with Crippen LogP contribution in [-0.2, 0) is 0 Å². The van der Waals surface area contributed by atoms with E-state index in [0.717, 1.165) is 6.07 Å². The van der Waals surface area contributed by atoms with Crippen LogP contribution in [0.1, 0.15) is 18.6 Å². The molecule has 0 aliphatic heterocycles. The summed E-state index contributed by atoms with van der Waals surface area (Å²) in [4.78, 5) is 0. The minimum Gasteiger partial charge on any atom is -0.398 e. The van der Waals surface area contributed by atoms with Gasteiger partial charge < -0.3 is 10.8 Å². The number of hydrogen-bond acceptors (Lipinski definition) is 2. The Morgan fingerprint density at radius 2 is 2.17 bits per heavy atom. The third-order valence-electron chi connectivity index (χ3n) is 1.58. The van der Waals surface area contributed by atoms with Crippen LogP contribution in [-0.4, -0.2) is 5.11 Å². The first-order valence-corrected chi connectivity index (χ1v) is 3.82. The van der Waals surface area contributed by atoms with Gasteiger partial charge in [0.25, 0.3) is 0 Å². The van der Waals surface area contributed by atoms with Crippen LogP contribution in [0, 0.1) is 5.82 Å². The summed E-state index contributed by atoms with van der Waals surface area (Å²) in [5, 5.41) is 9.13. The number of aliphatic hydroxyl groups is 1. The molecule has 1 aromatic carbocycles. The lowest BCUT2D eigenvalue weighted by molar-refractivity contribution is 0.200. The van der Waals surface area contributed by atoms with Gasteiger partial charge in [-0.3, -0.25) is 0 Å². The van der Waals surface area contributed by atoms with E-state index in [1.54, 1.807) is 6.92 Å². The molecule has 0 saturated carbocycles. The number of rotatable bonds is 1. The van der Waals surface area contributed by atoms with Crippen molar-refractivity contribution in [2.45, 2.75) is 13.0 Å². The quantitative estimate of drug-likeness (QED) is 0.665. The molecule has 0 aliphatic carbocycles. The zero-order chi connectivity index (χ0) is 9.30. The Hall–Kier alpha value is -0.800. The predicted octanol–water partition coefficient (Wildman–Crippen LogP) is 2.11. The van der Waals surface area contributed by atoms with Crippen LogP contribution in [0.25, 0.3) is 0 Å². The summed E-state index contributed by atoms with van der Waals surface area (Å²) in [6, 6.07) is 2.43. The second-order valence-electron chi connectivity index (χ2n) is 2.57. The highest BCUT2D eigenvalue weighted by atomic mass is 35.5. The molecule has 1 aromatic rings. The lowest BCUT2D eigenvalue weighted by atomic mass is 10.1. The molecule has 0 fully saturated rings. The molecule has 4 heteroatoms. The smallest absolute Gasteiger partial charge is 0.143 e. The van der Waals surface area contributed by atoms with Crippen LogP contribution in [0.4, 0.5) is 10.1 Å². The predicted molar refractivity (Wildman–Crippen MR) is 46.5 cm³/mol. The van der Waals surface area contributed by atoms with E-state index in [1.165, 1.54) is 6.07 Å². The van der Waals surface area contributed by atoms with Crippen molar-refractivity contribution in [3.8, 4) is 0 Å². The lowest BCUT2D eigenvalue weighted by Crippen LogP contribution is -1.99. The fourth-order valence-corrected chi connectivity index (χ4v) is 1.11. The summed E-state index contributed by atoms with van der Waals surface area (Å²) >= 11 is 5.49. The van der Waals surface area contributed by atoms with E-state index in [0.29, 0.717) is 5.56 Å². The molecular weight excluding hydrogens is 181 g/mol. The molecule has 1 rings (SSSR count). The largest absolute Gasteiger partial charge is 0.398 e. The fourth-order valence-electron chi connectivity index (χ4n) is 0.939. The molecule has 3 N–H and O–H groups in total. The van der Waals surface area contributed by atoms with E-state index in [1.807, 2.05) is 0 Å². The molecular formula is C8H9ClFNO. The van der Waals surface area contributed by atoms with Crippen molar-refractivity contribution in [1.82, 2.24) is 0 Å². The summed E-state index contributed by atoms with van der Waals surface area (Å²) in [5.74, 6) is -0.571. The molecule has 0 radical (unpaired) electrons. The minimum atomic E-state index is -0.733. The normalized spacial score (nSPS) is 13.0. The monoisotopic (exact) mass is 189 g/mol. The van der Waals surface area contributed by atoms with Gasteiger partial charge in [-0.25, -0.2) is 4.39 Å². The Morgan fingerprint density at radius 1 is 1.58 bits per heavy atom. The topological polar surface area (TPSA) is 46.2 Å². The van der Waals surface area contributed by atoms with Crippen molar-refractivity contribution in [3.05, 3.63) is 28.5 Å². The van der Waals surface area contributed by atoms with Gasteiger partial charge in [0.15, 0.2) is 0 Å². The van der Waals surface area contributed by atoms with E-state index in [2.05, 4.69) is 0 Å². The Bertz CT molecular complexity index is 301. The van der Waals surface area contributed by atoms with Crippen LogP contribution in [0.5, 0.6) is 0 Å². The second kappa shape index (κ2) is 3.29. The van der Waals surface area contributed by atoms with Gasteiger partial charge >= 0.3 is 0 Å². The van der Waals surface area contributed by atoms with E-state index < -0.39 is 11.9 Å². The van der Waals surface area contributed by atoms with Crippen molar-refractivity contribution < 1.29 is 9.50 Å². The zero-order valence-corrected chi connectivity index (χ0v) is 7.27. The van der Waals surface area contributed by atoms with Gasteiger partial charge in [-0.1, -0.05) is 11.6 Å². The van der Waals surface area contributed by atoms with Crippen molar-refractivity contribution in [3.63, 3.8) is 0 Å². The Balaban J connectivity index is 3.23. The second-order valence-corrected chi connectivity index (χ2v) is 2.98. The molecule has 0 spiro atoms. The highest BCUT2D eigenvalue weighted by Crippen LogP contribution is 2.26. The summed E-state index contributed by atoms with van der Waals surface area (Å²) in [6.07, 6.45) is -0.733. The van der Waals surface area contributed by atoms with Gasteiger partial charge in [-0.05, 0) is 19.1 Å². The van der Waals surface area contributed by atoms with Crippen molar-refractivity contribution in [2.75, 3.05) is 5.73 Å². The van der Waals surface area contributed by atoms with E-state index >= 15 is 0 Å². The van der Waals surface area contributed by atoms with Gasteiger partial charge in [0.1, 0.15) is 5.82 Å². The molecule has 0 aromatic heterocycles. The minimum absolute atomic E-state index is 0.0277. The Labute approximate surface area is 74.8 Å². The third-order valence-corrected chi connectivity index (χ3v) is 1.87. The van der Waals surface area contributed by atoms with Gasteiger partial charge in [-0.15, -0.1) is 0 Å². The fraction of sp³-hybridized carbons (Fsp3) is 0.250.